The van der Waals surface area contributed by atoms with Crippen LogP contribution >= 0.6 is 0 Å². The van der Waals surface area contributed by atoms with Crippen LogP contribution in [0.5, 0.6) is 0 Å². The molecule has 0 saturated carbocycles. The molecule has 3 aromatic rings. The van der Waals surface area contributed by atoms with Crippen LogP contribution in [0.15, 0.2) is 41.3 Å². The summed E-state index contributed by atoms with van der Waals surface area (Å²) in [5.41, 5.74) is -0.910. The molecular formula is C38H40F5N3O5. The number of aryl methyl sites for hydroxylation is 2. The number of carbonyl (C=O) groups is 2. The maximum atomic E-state index is 15.9. The van der Waals surface area contributed by atoms with Gasteiger partial charge in [0.25, 0.3) is 5.56 Å². The summed E-state index contributed by atoms with van der Waals surface area (Å²) >= 11 is 0. The van der Waals surface area contributed by atoms with Gasteiger partial charge in [-0.1, -0.05) is 19.8 Å². The van der Waals surface area contributed by atoms with Gasteiger partial charge in [0.05, 0.1) is 36.3 Å². The first-order valence-corrected chi connectivity index (χ1v) is 16.7. The van der Waals surface area contributed by atoms with Crippen LogP contribution < -0.4 is 10.9 Å². The first-order valence-electron chi connectivity index (χ1n) is 16.7. The number of benzene rings is 2. The topological polar surface area (TPSA) is 101 Å². The van der Waals surface area contributed by atoms with E-state index < -0.39 is 59.3 Å². The minimum atomic E-state index is -4.83. The fourth-order valence-corrected chi connectivity index (χ4v) is 7.31. The largest absolute Gasteiger partial charge is 0.481 e. The van der Waals surface area contributed by atoms with Crippen molar-refractivity contribution in [2.24, 2.45) is 5.92 Å². The number of carboxylic acid groups (broad SMARTS) is 1. The van der Waals surface area contributed by atoms with Gasteiger partial charge in [-0.3, -0.25) is 19.3 Å². The second kappa shape index (κ2) is 15.0. The summed E-state index contributed by atoms with van der Waals surface area (Å²) < 4.78 is 79.2. The number of rotatable bonds is 12. The van der Waals surface area contributed by atoms with Crippen molar-refractivity contribution in [2.75, 3.05) is 19.7 Å². The van der Waals surface area contributed by atoms with Crippen LogP contribution in [0.25, 0.3) is 11.1 Å². The zero-order chi connectivity index (χ0) is 37.4. The van der Waals surface area contributed by atoms with Crippen LogP contribution in [0.4, 0.5) is 22.0 Å². The van der Waals surface area contributed by atoms with Crippen molar-refractivity contribution in [2.45, 2.75) is 83.8 Å². The minimum absolute atomic E-state index is 0.00432. The molecule has 2 aromatic carbocycles. The van der Waals surface area contributed by atoms with Crippen molar-refractivity contribution < 1.29 is 41.4 Å². The molecule has 272 valence electrons. The molecule has 4 atom stereocenters. The lowest BCUT2D eigenvalue weighted by atomic mass is 9.90. The Balaban J connectivity index is 1.54. The number of carboxylic acids is 1. The van der Waals surface area contributed by atoms with E-state index in [0.717, 1.165) is 17.2 Å². The molecule has 2 bridgehead atoms. The highest BCUT2D eigenvalue weighted by Crippen LogP contribution is 2.36. The number of nitrogens with zero attached hydrogens (tertiary/aromatic N) is 2. The minimum Gasteiger partial charge on any atom is -0.481 e. The number of morpholine rings is 1. The van der Waals surface area contributed by atoms with Crippen molar-refractivity contribution >= 4 is 11.9 Å². The number of aliphatic carboxylic acids is 1. The highest BCUT2D eigenvalue weighted by molar-refractivity contribution is 5.82. The maximum Gasteiger partial charge on any atom is 0.416 e. The standard InChI is InChI=1S/C38H40F5N3O5/c1-6-23-12-25(35-21(4)10-26(39)11-22(35)5)13-29(36(23)40)31(16-34(48)49)44-37(50)32(9-20(2)3)46-17-24(30(15-33(46)47)38(41,42)43)7-8-45-18-28-14-27(45)19-51-28/h1,10-13,15,17,20,27-28,31-32H,7-9,14,16,18-19H2,2-5H3,(H,44,50)(H,48,49)/t27-,28-,31+,32+/m0/s1. The Hall–Kier alpha value is -4.54. The number of nitrogens with one attached hydrogen (secondary N) is 1. The van der Waals surface area contributed by atoms with E-state index in [1.54, 1.807) is 27.7 Å². The van der Waals surface area contributed by atoms with E-state index in [0.29, 0.717) is 41.5 Å². The van der Waals surface area contributed by atoms with Crippen molar-refractivity contribution in [3.05, 3.63) is 91.9 Å². The zero-order valence-electron chi connectivity index (χ0n) is 28.7. The van der Waals surface area contributed by atoms with Crippen molar-refractivity contribution in [1.82, 2.24) is 14.8 Å². The average Bonchev–Trinajstić information content (AvgIpc) is 3.66. The van der Waals surface area contributed by atoms with Gasteiger partial charge in [0.2, 0.25) is 5.91 Å². The van der Waals surface area contributed by atoms with Gasteiger partial charge in [0.15, 0.2) is 0 Å². The molecule has 2 saturated heterocycles. The molecule has 0 aliphatic carbocycles. The van der Waals surface area contributed by atoms with Crippen molar-refractivity contribution in [3.8, 4) is 23.5 Å². The van der Waals surface area contributed by atoms with E-state index in [1.165, 1.54) is 24.3 Å². The molecule has 1 amide bonds. The van der Waals surface area contributed by atoms with Gasteiger partial charge in [-0.05, 0) is 91.1 Å². The predicted molar refractivity (Wildman–Crippen MR) is 180 cm³/mol. The van der Waals surface area contributed by atoms with Crippen LogP contribution in [0.3, 0.4) is 0 Å². The zero-order valence-corrected chi connectivity index (χ0v) is 28.7. The Bertz CT molecular complexity index is 1910. The molecular weight excluding hydrogens is 673 g/mol. The first kappa shape index (κ1) is 37.7. The lowest BCUT2D eigenvalue weighted by Gasteiger charge is -2.28. The van der Waals surface area contributed by atoms with Crippen LogP contribution in [-0.4, -0.2) is 58.3 Å². The smallest absolute Gasteiger partial charge is 0.416 e. The quantitative estimate of drug-likeness (QED) is 0.168. The normalized spacial score (nSPS) is 18.5. The monoisotopic (exact) mass is 713 g/mol. The second-order valence-corrected chi connectivity index (χ2v) is 13.8. The number of amides is 1. The SMILES string of the molecule is C#Cc1cc(-c2c(C)cc(F)cc2C)cc([C@@H](CC(=O)O)NC(=O)[C@@H](CC(C)C)n2cc(CCN3C[C@@H]4C[C@H]3CO4)c(C(F)(F)F)cc2=O)c1F. The van der Waals surface area contributed by atoms with Gasteiger partial charge in [-0.15, -0.1) is 6.42 Å². The number of halogens is 5. The van der Waals surface area contributed by atoms with Crippen LogP contribution in [0.2, 0.25) is 0 Å². The third-order valence-electron chi connectivity index (χ3n) is 9.60. The van der Waals surface area contributed by atoms with Crippen LogP contribution in [-0.2, 0) is 26.9 Å². The summed E-state index contributed by atoms with van der Waals surface area (Å²) in [6, 6.07) is 3.00. The predicted octanol–water partition coefficient (Wildman–Crippen LogP) is 6.35. The van der Waals surface area contributed by atoms with E-state index in [1.807, 2.05) is 0 Å². The molecule has 2 N–H and O–H groups in total. The Morgan fingerprint density at radius 3 is 2.35 bits per heavy atom. The highest BCUT2D eigenvalue weighted by atomic mass is 19.4. The summed E-state index contributed by atoms with van der Waals surface area (Å²) in [4.78, 5) is 41.6. The molecule has 0 unspecified atom stereocenters. The molecule has 13 heteroatoms. The number of alkyl halides is 3. The van der Waals surface area contributed by atoms with Crippen molar-refractivity contribution in [3.63, 3.8) is 0 Å². The number of terminal acetylenes is 1. The van der Waals surface area contributed by atoms with E-state index in [-0.39, 0.29) is 54.1 Å². The number of hydrogen-bond donors (Lipinski definition) is 2. The number of aromatic nitrogens is 1. The van der Waals surface area contributed by atoms with Crippen LogP contribution in [0.1, 0.15) is 78.6 Å². The summed E-state index contributed by atoms with van der Waals surface area (Å²) in [5.74, 6) is -1.72. The molecule has 0 radical (unpaired) electrons. The number of pyridine rings is 1. The third-order valence-corrected chi connectivity index (χ3v) is 9.60. The van der Waals surface area contributed by atoms with Gasteiger partial charge in [-0.25, -0.2) is 8.78 Å². The molecule has 0 spiro atoms. The number of hydrogen-bond acceptors (Lipinski definition) is 5. The molecule has 51 heavy (non-hydrogen) atoms. The molecule has 3 heterocycles. The number of ether oxygens (including phenoxy) is 1. The van der Waals surface area contributed by atoms with E-state index in [4.69, 9.17) is 11.2 Å². The summed E-state index contributed by atoms with van der Waals surface area (Å²) in [5, 5.41) is 12.4. The van der Waals surface area contributed by atoms with Gasteiger partial charge < -0.3 is 19.7 Å². The first-order chi connectivity index (χ1) is 24.0. The highest BCUT2D eigenvalue weighted by Gasteiger charge is 2.40. The fourth-order valence-electron chi connectivity index (χ4n) is 7.31. The number of fused-ring (bicyclic) bond motifs is 2. The second-order valence-electron chi connectivity index (χ2n) is 13.8. The summed E-state index contributed by atoms with van der Waals surface area (Å²) in [6.45, 7) is 8.19. The number of carbonyl (C=O) groups excluding carboxylic acids is 1. The Morgan fingerprint density at radius 1 is 1.12 bits per heavy atom. The van der Waals surface area contributed by atoms with E-state index in [2.05, 4.69) is 16.1 Å². The molecule has 2 aliphatic heterocycles. The Labute approximate surface area is 292 Å². The van der Waals surface area contributed by atoms with Crippen molar-refractivity contribution in [1.29, 1.82) is 0 Å². The summed E-state index contributed by atoms with van der Waals surface area (Å²) in [6.07, 6.45) is 1.85. The molecule has 8 nitrogen and oxygen atoms in total. The number of likely N-dealkylation sites (tertiary alicyclic amines) is 1. The van der Waals surface area contributed by atoms with E-state index in [9.17, 15) is 37.1 Å². The lowest BCUT2D eigenvalue weighted by molar-refractivity contribution is -0.139. The van der Waals surface area contributed by atoms with E-state index >= 15 is 4.39 Å². The Morgan fingerprint density at radius 2 is 1.80 bits per heavy atom. The van der Waals surface area contributed by atoms with Crippen LogP contribution in [0, 0.1) is 43.7 Å². The Kier molecular flexibility index (Phi) is 11.1. The van der Waals surface area contributed by atoms with Gasteiger partial charge in [0, 0.05) is 37.0 Å². The lowest BCUT2D eigenvalue weighted by Crippen LogP contribution is -2.41. The molecule has 2 aliphatic rings. The maximum absolute atomic E-state index is 15.9. The average molecular weight is 714 g/mol. The van der Waals surface area contributed by atoms with Gasteiger partial charge in [-0.2, -0.15) is 13.2 Å². The third kappa shape index (κ3) is 8.34. The van der Waals surface area contributed by atoms with Gasteiger partial charge in [0.1, 0.15) is 17.7 Å². The molecule has 1 aromatic heterocycles. The summed E-state index contributed by atoms with van der Waals surface area (Å²) in [7, 11) is 0. The fraction of sp³-hybridized carbons (Fsp3) is 0.447. The molecule has 5 rings (SSSR count). The molecule has 2 fully saturated rings. The van der Waals surface area contributed by atoms with Gasteiger partial charge >= 0.3 is 12.1 Å².